The van der Waals surface area contributed by atoms with Crippen LogP contribution in [0.25, 0.3) is 0 Å². The van der Waals surface area contributed by atoms with Crippen LogP contribution < -0.4 is 0 Å². The molecule has 0 spiro atoms. The fourth-order valence-electron chi connectivity index (χ4n) is 0.549. The van der Waals surface area contributed by atoms with Crippen molar-refractivity contribution in [3.8, 4) is 0 Å². The summed E-state index contributed by atoms with van der Waals surface area (Å²) < 4.78 is -1.04. The summed E-state index contributed by atoms with van der Waals surface area (Å²) in [5, 5.41) is 0. The molecule has 1 rings (SSSR count). The highest BCUT2D eigenvalue weighted by molar-refractivity contribution is 6.67. The maximum atomic E-state index is 5.48. The first-order valence-corrected chi connectivity index (χ1v) is 3.62. The molecule has 0 nitrogen and oxygen atoms in total. The SMILES string of the molecule is ClC(Cl)(Cl)C[C]1CC1. The predicted octanol–water partition coefficient (Wildman–Crippen LogP) is 3.11. The van der Waals surface area contributed by atoms with Crippen LogP contribution in [-0.2, 0) is 0 Å². The van der Waals surface area contributed by atoms with E-state index in [1.807, 2.05) is 0 Å². The highest BCUT2D eigenvalue weighted by Gasteiger charge is 2.32. The van der Waals surface area contributed by atoms with Gasteiger partial charge in [0.25, 0.3) is 0 Å². The van der Waals surface area contributed by atoms with Crippen molar-refractivity contribution in [1.82, 2.24) is 0 Å². The smallest absolute Gasteiger partial charge is 0.0837 e. The third-order valence-corrected chi connectivity index (χ3v) is 1.45. The van der Waals surface area contributed by atoms with Crippen molar-refractivity contribution < 1.29 is 0 Å². The predicted molar refractivity (Wildman–Crippen MR) is 37.4 cm³/mol. The summed E-state index contributed by atoms with van der Waals surface area (Å²) in [7, 11) is 0. The van der Waals surface area contributed by atoms with Gasteiger partial charge in [0.1, 0.15) is 0 Å². The van der Waals surface area contributed by atoms with Gasteiger partial charge in [0.2, 0.25) is 0 Å². The summed E-state index contributed by atoms with van der Waals surface area (Å²) >= 11 is 16.4. The first kappa shape index (κ1) is 6.98. The van der Waals surface area contributed by atoms with Crippen molar-refractivity contribution in [3.63, 3.8) is 0 Å². The standard InChI is InChI=1S/C5H6Cl3/c6-5(7,8)3-4-1-2-4/h1-3H2. The fraction of sp³-hybridized carbons (Fsp3) is 0.800. The second-order valence-corrected chi connectivity index (χ2v) is 4.56. The Morgan fingerprint density at radius 3 is 1.88 bits per heavy atom. The summed E-state index contributed by atoms with van der Waals surface area (Å²) in [5.41, 5.74) is 0. The molecule has 1 fully saturated rings. The van der Waals surface area contributed by atoms with Crippen LogP contribution in [0.1, 0.15) is 19.3 Å². The maximum absolute atomic E-state index is 5.48. The van der Waals surface area contributed by atoms with E-state index < -0.39 is 3.79 Å². The van der Waals surface area contributed by atoms with Gasteiger partial charge in [0.05, 0.1) is 0 Å². The van der Waals surface area contributed by atoms with E-state index in [2.05, 4.69) is 0 Å². The van der Waals surface area contributed by atoms with Gasteiger partial charge in [0.15, 0.2) is 3.79 Å². The van der Waals surface area contributed by atoms with Crippen molar-refractivity contribution in [3.05, 3.63) is 5.92 Å². The Balaban J connectivity index is 2.16. The largest absolute Gasteiger partial charge is 0.191 e. The van der Waals surface area contributed by atoms with Crippen molar-refractivity contribution in [1.29, 1.82) is 0 Å². The Bertz CT molecular complexity index is 80.2. The van der Waals surface area contributed by atoms with Gasteiger partial charge in [-0.25, -0.2) is 0 Å². The molecule has 0 atom stereocenters. The zero-order valence-corrected chi connectivity index (χ0v) is 6.52. The molecule has 0 saturated heterocycles. The Kier molecular flexibility index (Phi) is 1.96. The van der Waals surface area contributed by atoms with E-state index in [4.69, 9.17) is 34.8 Å². The fourth-order valence-corrected chi connectivity index (χ4v) is 1.12. The summed E-state index contributed by atoms with van der Waals surface area (Å²) in [6.45, 7) is 0. The first-order chi connectivity index (χ1) is 3.58. The molecule has 47 valence electrons. The second kappa shape index (κ2) is 2.24. The molecule has 0 unspecified atom stereocenters. The van der Waals surface area contributed by atoms with Crippen LogP contribution in [0.3, 0.4) is 0 Å². The van der Waals surface area contributed by atoms with Gasteiger partial charge < -0.3 is 0 Å². The van der Waals surface area contributed by atoms with Crippen LogP contribution >= 0.6 is 34.8 Å². The van der Waals surface area contributed by atoms with Crippen LogP contribution in [0.15, 0.2) is 0 Å². The average Bonchev–Trinajstić information content (AvgIpc) is 2.12. The van der Waals surface area contributed by atoms with Gasteiger partial charge in [-0.15, -0.1) is 0 Å². The lowest BCUT2D eigenvalue weighted by Gasteiger charge is -2.06. The lowest BCUT2D eigenvalue weighted by atomic mass is 10.3. The van der Waals surface area contributed by atoms with Crippen molar-refractivity contribution in [2.24, 2.45) is 0 Å². The van der Waals surface area contributed by atoms with Gasteiger partial charge in [0, 0.05) is 6.42 Å². The number of hydrogen-bond donors (Lipinski definition) is 0. The van der Waals surface area contributed by atoms with Crippen molar-refractivity contribution in [2.45, 2.75) is 23.1 Å². The first-order valence-electron chi connectivity index (χ1n) is 2.48. The van der Waals surface area contributed by atoms with Gasteiger partial charge >= 0.3 is 0 Å². The monoisotopic (exact) mass is 171 g/mol. The van der Waals surface area contributed by atoms with Crippen LogP contribution in [0.5, 0.6) is 0 Å². The summed E-state index contributed by atoms with van der Waals surface area (Å²) in [5.74, 6) is 1.38. The lowest BCUT2D eigenvalue weighted by Crippen LogP contribution is -2.00. The molecule has 0 bridgehead atoms. The van der Waals surface area contributed by atoms with Gasteiger partial charge in [-0.2, -0.15) is 0 Å². The number of hydrogen-bond acceptors (Lipinski definition) is 0. The Hall–Kier alpha value is 0.870. The van der Waals surface area contributed by atoms with Crippen LogP contribution in [0, 0.1) is 5.92 Å². The van der Waals surface area contributed by atoms with E-state index in [0.717, 1.165) is 12.8 Å². The molecule has 8 heavy (non-hydrogen) atoms. The van der Waals surface area contributed by atoms with Crippen molar-refractivity contribution >= 4 is 34.8 Å². The van der Waals surface area contributed by atoms with E-state index in [-0.39, 0.29) is 0 Å². The van der Waals surface area contributed by atoms with Crippen LogP contribution in [0.4, 0.5) is 0 Å². The molecule has 1 aliphatic rings. The number of halogens is 3. The third-order valence-electron chi connectivity index (χ3n) is 1.05. The minimum Gasteiger partial charge on any atom is -0.0837 e. The Morgan fingerprint density at radius 1 is 1.25 bits per heavy atom. The average molecular weight is 172 g/mol. The third kappa shape index (κ3) is 3.01. The molecule has 1 aliphatic carbocycles. The van der Waals surface area contributed by atoms with Crippen molar-refractivity contribution in [2.75, 3.05) is 0 Å². The lowest BCUT2D eigenvalue weighted by molar-refractivity contribution is 0.966. The molecule has 1 saturated carbocycles. The molecule has 0 aromatic rings. The van der Waals surface area contributed by atoms with E-state index in [9.17, 15) is 0 Å². The maximum Gasteiger partial charge on any atom is 0.191 e. The minimum atomic E-state index is -1.04. The molecular formula is C5H6Cl3. The highest BCUT2D eigenvalue weighted by Crippen LogP contribution is 2.44. The van der Waals surface area contributed by atoms with E-state index in [1.165, 1.54) is 5.92 Å². The molecule has 0 aromatic heterocycles. The van der Waals surface area contributed by atoms with E-state index in [1.54, 1.807) is 0 Å². The molecule has 0 N–H and O–H groups in total. The quantitative estimate of drug-likeness (QED) is 0.533. The summed E-state index contributed by atoms with van der Waals surface area (Å²) in [4.78, 5) is 0. The van der Waals surface area contributed by atoms with Gasteiger partial charge in [-0.3, -0.25) is 0 Å². The van der Waals surface area contributed by atoms with Crippen LogP contribution in [-0.4, -0.2) is 3.79 Å². The topological polar surface area (TPSA) is 0 Å². The molecule has 3 heteroatoms. The zero-order valence-electron chi connectivity index (χ0n) is 4.26. The molecule has 0 heterocycles. The molecular weight excluding hydrogens is 166 g/mol. The van der Waals surface area contributed by atoms with Gasteiger partial charge in [-0.05, 0) is 18.8 Å². The number of rotatable bonds is 1. The minimum absolute atomic E-state index is 0.650. The van der Waals surface area contributed by atoms with Gasteiger partial charge in [-0.1, -0.05) is 34.8 Å². The molecule has 0 aliphatic heterocycles. The van der Waals surface area contributed by atoms with Crippen LogP contribution in [0.2, 0.25) is 0 Å². The Labute approximate surface area is 64.1 Å². The zero-order chi connectivity index (χ0) is 6.20. The van der Waals surface area contributed by atoms with E-state index >= 15 is 0 Å². The summed E-state index contributed by atoms with van der Waals surface area (Å²) in [6, 6.07) is 0. The van der Waals surface area contributed by atoms with E-state index in [0.29, 0.717) is 6.42 Å². The number of alkyl halides is 3. The Morgan fingerprint density at radius 2 is 1.75 bits per heavy atom. The molecule has 0 aromatic carbocycles. The highest BCUT2D eigenvalue weighted by atomic mass is 35.6. The summed E-state index contributed by atoms with van der Waals surface area (Å²) in [6.07, 6.45) is 2.97. The molecule has 1 radical (unpaired) electrons. The molecule has 0 amide bonds. The second-order valence-electron chi connectivity index (χ2n) is 2.04. The normalized spacial score (nSPS) is 21.4.